The topological polar surface area (TPSA) is 80.8 Å². The maximum absolute atomic E-state index is 12.3. The van der Waals surface area contributed by atoms with Gasteiger partial charge in [-0.05, 0) is 38.3 Å². The lowest BCUT2D eigenvalue weighted by Gasteiger charge is -2.33. The molecular formula is C20H32N6O2. The molecule has 2 amide bonds. The summed E-state index contributed by atoms with van der Waals surface area (Å²) in [5.74, 6) is 1.03. The number of piperazine rings is 1. The number of rotatable bonds is 7. The third-order valence-corrected chi connectivity index (χ3v) is 5.28. The number of likely N-dealkylation sites (N-methyl/N-ethyl adjacent to an activating group) is 1. The predicted octanol–water partition coefficient (Wildman–Crippen LogP) is 0.764. The Morgan fingerprint density at radius 1 is 0.929 bits per heavy atom. The minimum absolute atomic E-state index is 0.0234. The van der Waals surface area contributed by atoms with Gasteiger partial charge in [-0.15, -0.1) is 0 Å². The molecule has 3 heterocycles. The van der Waals surface area contributed by atoms with E-state index in [2.05, 4.69) is 30.3 Å². The van der Waals surface area contributed by atoms with Crippen molar-refractivity contribution in [2.75, 3.05) is 69.1 Å². The van der Waals surface area contributed by atoms with Crippen LogP contribution in [0.5, 0.6) is 0 Å². The van der Waals surface area contributed by atoms with Crippen LogP contribution in [0, 0.1) is 0 Å². The smallest absolute Gasteiger partial charge is 0.238 e. The maximum atomic E-state index is 12.3. The zero-order valence-electron chi connectivity index (χ0n) is 16.8. The van der Waals surface area contributed by atoms with Gasteiger partial charge in [0.2, 0.25) is 11.8 Å². The second-order valence-corrected chi connectivity index (χ2v) is 7.51. The summed E-state index contributed by atoms with van der Waals surface area (Å²) in [6.45, 7) is 8.68. The third kappa shape index (κ3) is 6.17. The van der Waals surface area contributed by atoms with E-state index < -0.39 is 0 Å². The molecule has 154 valence electrons. The van der Waals surface area contributed by atoms with Gasteiger partial charge < -0.3 is 15.5 Å². The SMILES string of the molecule is CCNC(=O)CN1CCN(CC(=O)Nc2ccc(N3CCCCC3)nc2)CC1. The fraction of sp³-hybridized carbons (Fsp3) is 0.650. The summed E-state index contributed by atoms with van der Waals surface area (Å²) in [7, 11) is 0. The molecule has 2 aliphatic heterocycles. The first-order chi connectivity index (χ1) is 13.6. The molecule has 0 spiro atoms. The predicted molar refractivity (Wildman–Crippen MR) is 110 cm³/mol. The fourth-order valence-corrected chi connectivity index (χ4v) is 3.74. The van der Waals surface area contributed by atoms with E-state index in [4.69, 9.17) is 0 Å². The minimum Gasteiger partial charge on any atom is -0.357 e. The second-order valence-electron chi connectivity index (χ2n) is 7.51. The summed E-state index contributed by atoms with van der Waals surface area (Å²) in [6, 6.07) is 3.92. The summed E-state index contributed by atoms with van der Waals surface area (Å²) in [5, 5.41) is 5.76. The number of pyridine rings is 1. The van der Waals surface area contributed by atoms with Crippen LogP contribution in [0.25, 0.3) is 0 Å². The fourth-order valence-electron chi connectivity index (χ4n) is 3.74. The average molecular weight is 389 g/mol. The molecule has 2 saturated heterocycles. The van der Waals surface area contributed by atoms with E-state index in [9.17, 15) is 9.59 Å². The summed E-state index contributed by atoms with van der Waals surface area (Å²) >= 11 is 0. The zero-order chi connectivity index (χ0) is 19.8. The summed E-state index contributed by atoms with van der Waals surface area (Å²) in [6.07, 6.45) is 5.48. The number of carbonyl (C=O) groups is 2. The maximum Gasteiger partial charge on any atom is 0.238 e. The van der Waals surface area contributed by atoms with E-state index in [1.807, 2.05) is 19.1 Å². The summed E-state index contributed by atoms with van der Waals surface area (Å²) < 4.78 is 0. The number of amides is 2. The lowest BCUT2D eigenvalue weighted by Crippen LogP contribution is -2.51. The van der Waals surface area contributed by atoms with Crippen molar-refractivity contribution in [3.05, 3.63) is 18.3 Å². The normalized spacial score (nSPS) is 18.7. The van der Waals surface area contributed by atoms with Crippen molar-refractivity contribution in [2.45, 2.75) is 26.2 Å². The van der Waals surface area contributed by atoms with Crippen LogP contribution in [0.4, 0.5) is 11.5 Å². The standard InChI is InChI=1S/C20H32N6O2/c1-2-21-19(27)15-24-10-12-25(13-11-24)16-20(28)23-17-6-7-18(22-14-17)26-8-4-3-5-9-26/h6-7,14H,2-5,8-13,15-16H2,1H3,(H,21,27)(H,23,28). The van der Waals surface area contributed by atoms with Crippen LogP contribution in [0.2, 0.25) is 0 Å². The third-order valence-electron chi connectivity index (χ3n) is 5.28. The molecule has 0 aliphatic carbocycles. The highest BCUT2D eigenvalue weighted by Crippen LogP contribution is 2.19. The average Bonchev–Trinajstić information content (AvgIpc) is 2.71. The van der Waals surface area contributed by atoms with Gasteiger partial charge in [0, 0.05) is 45.8 Å². The number of piperidine rings is 1. The quantitative estimate of drug-likeness (QED) is 0.718. The highest BCUT2D eigenvalue weighted by molar-refractivity contribution is 5.92. The first kappa shape index (κ1) is 20.5. The molecule has 0 unspecified atom stereocenters. The Kier molecular flexibility index (Phi) is 7.62. The molecule has 2 N–H and O–H groups in total. The molecular weight excluding hydrogens is 356 g/mol. The largest absolute Gasteiger partial charge is 0.357 e. The van der Waals surface area contributed by atoms with Crippen molar-refractivity contribution in [3.8, 4) is 0 Å². The zero-order valence-corrected chi connectivity index (χ0v) is 16.8. The molecule has 0 aromatic carbocycles. The van der Waals surface area contributed by atoms with E-state index in [0.717, 1.165) is 50.8 Å². The van der Waals surface area contributed by atoms with Crippen molar-refractivity contribution >= 4 is 23.3 Å². The number of hydrogen-bond donors (Lipinski definition) is 2. The summed E-state index contributed by atoms with van der Waals surface area (Å²) in [5.41, 5.74) is 0.737. The monoisotopic (exact) mass is 388 g/mol. The van der Waals surface area contributed by atoms with E-state index in [-0.39, 0.29) is 11.8 Å². The van der Waals surface area contributed by atoms with E-state index >= 15 is 0 Å². The van der Waals surface area contributed by atoms with Gasteiger partial charge >= 0.3 is 0 Å². The molecule has 1 aromatic heterocycles. The summed E-state index contributed by atoms with van der Waals surface area (Å²) in [4.78, 5) is 35.1. The van der Waals surface area contributed by atoms with E-state index in [1.165, 1.54) is 19.3 Å². The molecule has 3 rings (SSSR count). The van der Waals surface area contributed by atoms with Gasteiger partial charge in [-0.1, -0.05) is 0 Å². The van der Waals surface area contributed by atoms with Crippen molar-refractivity contribution in [2.24, 2.45) is 0 Å². The van der Waals surface area contributed by atoms with Gasteiger partial charge in [-0.25, -0.2) is 4.98 Å². The Bertz CT molecular complexity index is 637. The minimum atomic E-state index is -0.0234. The van der Waals surface area contributed by atoms with Gasteiger partial charge in [-0.3, -0.25) is 19.4 Å². The van der Waals surface area contributed by atoms with Crippen LogP contribution in [0.3, 0.4) is 0 Å². The number of nitrogens with one attached hydrogen (secondary N) is 2. The van der Waals surface area contributed by atoms with Gasteiger partial charge in [0.15, 0.2) is 0 Å². The molecule has 0 saturated carbocycles. The number of aromatic nitrogens is 1. The Morgan fingerprint density at radius 3 is 2.14 bits per heavy atom. The molecule has 2 fully saturated rings. The van der Waals surface area contributed by atoms with Gasteiger partial charge in [-0.2, -0.15) is 0 Å². The first-order valence-corrected chi connectivity index (χ1v) is 10.4. The number of anilines is 2. The molecule has 0 atom stereocenters. The molecule has 28 heavy (non-hydrogen) atoms. The lowest BCUT2D eigenvalue weighted by atomic mass is 10.1. The number of nitrogens with zero attached hydrogens (tertiary/aromatic N) is 4. The number of carbonyl (C=O) groups excluding carboxylic acids is 2. The highest BCUT2D eigenvalue weighted by atomic mass is 16.2. The highest BCUT2D eigenvalue weighted by Gasteiger charge is 2.20. The Morgan fingerprint density at radius 2 is 1.57 bits per heavy atom. The Labute approximate surface area is 167 Å². The number of hydrogen-bond acceptors (Lipinski definition) is 6. The molecule has 1 aromatic rings. The molecule has 0 radical (unpaired) electrons. The Balaban J connectivity index is 1.39. The van der Waals surface area contributed by atoms with Gasteiger partial charge in [0.05, 0.1) is 25.0 Å². The van der Waals surface area contributed by atoms with Gasteiger partial charge in [0.1, 0.15) is 5.82 Å². The molecule has 8 heteroatoms. The van der Waals surface area contributed by atoms with Crippen molar-refractivity contribution < 1.29 is 9.59 Å². The molecule has 2 aliphatic rings. The van der Waals surface area contributed by atoms with Crippen LogP contribution in [-0.4, -0.2) is 85.5 Å². The molecule has 8 nitrogen and oxygen atoms in total. The van der Waals surface area contributed by atoms with Gasteiger partial charge in [0.25, 0.3) is 0 Å². The van der Waals surface area contributed by atoms with Crippen LogP contribution >= 0.6 is 0 Å². The van der Waals surface area contributed by atoms with Crippen molar-refractivity contribution in [3.63, 3.8) is 0 Å². The second kappa shape index (κ2) is 10.4. The van der Waals surface area contributed by atoms with Crippen LogP contribution in [0.15, 0.2) is 18.3 Å². The van der Waals surface area contributed by atoms with Crippen molar-refractivity contribution in [1.29, 1.82) is 0 Å². The first-order valence-electron chi connectivity index (χ1n) is 10.4. The van der Waals surface area contributed by atoms with E-state index in [0.29, 0.717) is 19.6 Å². The van der Waals surface area contributed by atoms with Crippen LogP contribution in [0.1, 0.15) is 26.2 Å². The molecule has 0 bridgehead atoms. The Hall–Kier alpha value is -2.19. The van der Waals surface area contributed by atoms with E-state index in [1.54, 1.807) is 6.20 Å². The van der Waals surface area contributed by atoms with Crippen LogP contribution < -0.4 is 15.5 Å². The lowest BCUT2D eigenvalue weighted by molar-refractivity contribution is -0.123. The van der Waals surface area contributed by atoms with Crippen LogP contribution in [-0.2, 0) is 9.59 Å². The van der Waals surface area contributed by atoms with Crippen molar-refractivity contribution in [1.82, 2.24) is 20.1 Å².